The number of carbonyl (C=O) groups is 2. The number of nitrogens with zero attached hydrogens (tertiary/aromatic N) is 3. The minimum Gasteiger partial charge on any atom is -0.446 e. The number of amides is 2. The van der Waals surface area contributed by atoms with Crippen molar-refractivity contribution in [2.24, 2.45) is 10.8 Å². The maximum atomic E-state index is 11.8. The molecule has 0 bridgehead atoms. The number of hydrogen-bond acceptors (Lipinski definition) is 6. The predicted molar refractivity (Wildman–Crippen MR) is 85.6 cm³/mol. The van der Waals surface area contributed by atoms with E-state index in [1.807, 2.05) is 30.3 Å². The summed E-state index contributed by atoms with van der Waals surface area (Å²) in [7, 11) is 0. The summed E-state index contributed by atoms with van der Waals surface area (Å²) in [6.07, 6.45) is -0.475. The van der Waals surface area contributed by atoms with Crippen molar-refractivity contribution in [2.45, 2.75) is 12.5 Å². The number of nitrogens with two attached hydrogens (primary N) is 1. The van der Waals surface area contributed by atoms with E-state index in [2.05, 4.69) is 20.9 Å². The summed E-state index contributed by atoms with van der Waals surface area (Å²) >= 11 is 0. The van der Waals surface area contributed by atoms with Gasteiger partial charge in [0.1, 0.15) is 6.61 Å². The molecule has 2 amide bonds. The topological polar surface area (TPSA) is 151 Å². The van der Waals surface area contributed by atoms with Crippen molar-refractivity contribution in [3.8, 4) is 0 Å². The monoisotopic (exact) mass is 336 g/mol. The molecular weight excluding hydrogens is 316 g/mol. The fourth-order valence-corrected chi connectivity index (χ4v) is 1.65. The molecule has 24 heavy (non-hydrogen) atoms. The average Bonchev–Trinajstić information content (AvgIpc) is 2.59. The molecule has 0 saturated carbocycles. The van der Waals surface area contributed by atoms with E-state index in [0.717, 1.165) is 5.56 Å². The Bertz CT molecular complexity index is 562. The highest BCUT2D eigenvalue weighted by Crippen LogP contribution is 2.01. The Balaban J connectivity index is 2.12. The standard InChI is InChI=1S/C14H20N6O4/c15-12(10-11-4-2-1-3-5-11)13(21)18-19-14(22)24-9-8-23-7-6-17-20-16/h1-5,12H,6-10,15H2,(H,18,21)(H,19,22)/t12-/m0/s1. The molecule has 0 aliphatic heterocycles. The molecule has 0 heterocycles. The number of ether oxygens (including phenoxy) is 2. The van der Waals surface area contributed by atoms with Crippen molar-refractivity contribution in [1.29, 1.82) is 0 Å². The molecule has 0 aliphatic rings. The zero-order valence-electron chi connectivity index (χ0n) is 13.1. The molecule has 1 aromatic rings. The smallest absolute Gasteiger partial charge is 0.426 e. The fraction of sp³-hybridized carbons (Fsp3) is 0.429. The number of carbonyl (C=O) groups excluding carboxylic acids is 2. The lowest BCUT2D eigenvalue weighted by molar-refractivity contribution is -0.123. The summed E-state index contributed by atoms with van der Waals surface area (Å²) in [5.41, 5.74) is 19.0. The number of hydrogen-bond donors (Lipinski definition) is 3. The van der Waals surface area contributed by atoms with Crippen LogP contribution in [-0.4, -0.2) is 44.4 Å². The molecule has 1 aromatic carbocycles. The van der Waals surface area contributed by atoms with E-state index in [4.69, 9.17) is 20.7 Å². The van der Waals surface area contributed by atoms with Crippen LogP contribution in [0.25, 0.3) is 10.4 Å². The number of nitrogens with one attached hydrogen (secondary N) is 2. The second-order valence-electron chi connectivity index (χ2n) is 4.61. The molecule has 1 atom stereocenters. The third-order valence-corrected chi connectivity index (χ3v) is 2.78. The van der Waals surface area contributed by atoms with Gasteiger partial charge in [-0.05, 0) is 17.5 Å². The van der Waals surface area contributed by atoms with Crippen LogP contribution in [0.3, 0.4) is 0 Å². The zero-order valence-corrected chi connectivity index (χ0v) is 13.1. The van der Waals surface area contributed by atoms with Gasteiger partial charge < -0.3 is 15.2 Å². The Morgan fingerprint density at radius 2 is 1.96 bits per heavy atom. The molecule has 0 unspecified atom stereocenters. The highest BCUT2D eigenvalue weighted by molar-refractivity contribution is 5.83. The van der Waals surface area contributed by atoms with Gasteiger partial charge in [-0.25, -0.2) is 10.2 Å². The Kier molecular flexibility index (Phi) is 9.39. The quantitative estimate of drug-likeness (QED) is 0.199. The van der Waals surface area contributed by atoms with Crippen molar-refractivity contribution in [2.75, 3.05) is 26.4 Å². The maximum absolute atomic E-state index is 11.8. The Hall–Kier alpha value is -2.81. The van der Waals surface area contributed by atoms with Crippen LogP contribution in [0, 0.1) is 0 Å². The molecule has 0 aromatic heterocycles. The van der Waals surface area contributed by atoms with Crippen LogP contribution in [0.5, 0.6) is 0 Å². The summed E-state index contributed by atoms with van der Waals surface area (Å²) in [5, 5.41) is 3.28. The maximum Gasteiger partial charge on any atom is 0.426 e. The van der Waals surface area contributed by atoms with Crippen molar-refractivity contribution >= 4 is 12.0 Å². The molecule has 0 radical (unpaired) electrons. The van der Waals surface area contributed by atoms with Crippen LogP contribution >= 0.6 is 0 Å². The fourth-order valence-electron chi connectivity index (χ4n) is 1.65. The van der Waals surface area contributed by atoms with Crippen LogP contribution < -0.4 is 16.6 Å². The first-order chi connectivity index (χ1) is 11.6. The lowest BCUT2D eigenvalue weighted by atomic mass is 10.1. The van der Waals surface area contributed by atoms with Gasteiger partial charge in [-0.15, -0.1) is 0 Å². The van der Waals surface area contributed by atoms with E-state index in [1.54, 1.807) is 0 Å². The SMILES string of the molecule is [N-]=[N+]=NCCOCCOC(=O)NNC(=O)[C@@H](N)Cc1ccccc1. The highest BCUT2D eigenvalue weighted by atomic mass is 16.6. The molecule has 10 heteroatoms. The highest BCUT2D eigenvalue weighted by Gasteiger charge is 2.14. The Morgan fingerprint density at radius 1 is 1.21 bits per heavy atom. The van der Waals surface area contributed by atoms with E-state index in [0.29, 0.717) is 6.42 Å². The van der Waals surface area contributed by atoms with Crippen LogP contribution in [0.4, 0.5) is 4.79 Å². The first kappa shape index (κ1) is 19.2. The molecule has 0 spiro atoms. The van der Waals surface area contributed by atoms with Crippen molar-refractivity contribution in [1.82, 2.24) is 10.9 Å². The van der Waals surface area contributed by atoms with E-state index in [9.17, 15) is 9.59 Å². The first-order valence-corrected chi connectivity index (χ1v) is 7.24. The van der Waals surface area contributed by atoms with Gasteiger partial charge in [0.2, 0.25) is 0 Å². The van der Waals surface area contributed by atoms with Gasteiger partial charge in [0, 0.05) is 11.5 Å². The van der Waals surface area contributed by atoms with E-state index >= 15 is 0 Å². The Labute approximate surface area is 138 Å². The lowest BCUT2D eigenvalue weighted by Gasteiger charge is -2.13. The van der Waals surface area contributed by atoms with Gasteiger partial charge in [-0.1, -0.05) is 35.4 Å². The lowest BCUT2D eigenvalue weighted by Crippen LogP contribution is -2.50. The molecule has 0 aliphatic carbocycles. The summed E-state index contributed by atoms with van der Waals surface area (Å²) in [6.45, 7) is 0.585. The molecule has 10 nitrogen and oxygen atoms in total. The number of rotatable bonds is 9. The normalized spacial score (nSPS) is 11.0. The van der Waals surface area contributed by atoms with Gasteiger partial charge in [-0.3, -0.25) is 10.2 Å². The van der Waals surface area contributed by atoms with Gasteiger partial charge >= 0.3 is 6.09 Å². The second kappa shape index (κ2) is 11.7. The van der Waals surface area contributed by atoms with Crippen molar-refractivity contribution in [3.63, 3.8) is 0 Å². The van der Waals surface area contributed by atoms with E-state index < -0.39 is 18.0 Å². The van der Waals surface area contributed by atoms with Crippen molar-refractivity contribution < 1.29 is 19.1 Å². The largest absolute Gasteiger partial charge is 0.446 e. The summed E-state index contributed by atoms with van der Waals surface area (Å²) in [5.74, 6) is -0.526. The minimum absolute atomic E-state index is 0.00591. The minimum atomic E-state index is -0.825. The molecule has 0 saturated heterocycles. The van der Waals surface area contributed by atoms with Crippen LogP contribution in [-0.2, 0) is 20.7 Å². The summed E-state index contributed by atoms with van der Waals surface area (Å²) in [6, 6.07) is 8.49. The number of hydrazine groups is 1. The zero-order chi connectivity index (χ0) is 17.6. The molecule has 4 N–H and O–H groups in total. The number of benzene rings is 1. The van der Waals surface area contributed by atoms with Gasteiger partial charge in [0.25, 0.3) is 5.91 Å². The van der Waals surface area contributed by atoms with E-state index in [-0.39, 0.29) is 26.4 Å². The van der Waals surface area contributed by atoms with Gasteiger partial charge in [0.15, 0.2) is 0 Å². The molecule has 130 valence electrons. The van der Waals surface area contributed by atoms with Crippen LogP contribution in [0.15, 0.2) is 35.4 Å². The van der Waals surface area contributed by atoms with Gasteiger partial charge in [-0.2, -0.15) is 0 Å². The Morgan fingerprint density at radius 3 is 2.67 bits per heavy atom. The average molecular weight is 336 g/mol. The molecule has 0 fully saturated rings. The van der Waals surface area contributed by atoms with Crippen LogP contribution in [0.2, 0.25) is 0 Å². The van der Waals surface area contributed by atoms with Crippen molar-refractivity contribution in [3.05, 3.63) is 46.3 Å². The third-order valence-electron chi connectivity index (χ3n) is 2.78. The summed E-state index contributed by atoms with van der Waals surface area (Å²) < 4.78 is 9.80. The molecule has 1 rings (SSSR count). The molecular formula is C14H20N6O4. The summed E-state index contributed by atoms with van der Waals surface area (Å²) in [4.78, 5) is 25.7. The van der Waals surface area contributed by atoms with Crippen LogP contribution in [0.1, 0.15) is 5.56 Å². The first-order valence-electron chi connectivity index (χ1n) is 7.24. The van der Waals surface area contributed by atoms with Gasteiger partial charge in [0.05, 0.1) is 19.3 Å². The predicted octanol–water partition coefficient (Wildman–Crippen LogP) is 0.641. The van der Waals surface area contributed by atoms with E-state index in [1.165, 1.54) is 0 Å². The third kappa shape index (κ3) is 8.59. The second-order valence-corrected chi connectivity index (χ2v) is 4.61. The number of azide groups is 1.